The van der Waals surface area contributed by atoms with Crippen molar-refractivity contribution in [2.45, 2.75) is 69.8 Å². The number of aliphatic hydroxyl groups is 1. The van der Waals surface area contributed by atoms with E-state index in [9.17, 15) is 13.5 Å². The van der Waals surface area contributed by atoms with E-state index >= 15 is 0 Å². The monoisotopic (exact) mass is 294 g/mol. The molecule has 1 aliphatic carbocycles. The SMILES string of the molecule is CCCCOS(=O)(=O)C1(CCCOC(C)(C)O)CC1. The third-order valence-corrected chi connectivity index (χ3v) is 5.46. The quantitative estimate of drug-likeness (QED) is 0.380. The number of unbranched alkanes of at least 4 members (excludes halogenated alkanes) is 1. The van der Waals surface area contributed by atoms with Crippen molar-refractivity contribution in [1.29, 1.82) is 0 Å². The van der Waals surface area contributed by atoms with Crippen molar-refractivity contribution in [2.75, 3.05) is 13.2 Å². The van der Waals surface area contributed by atoms with Gasteiger partial charge in [-0.2, -0.15) is 8.42 Å². The van der Waals surface area contributed by atoms with Crippen LogP contribution in [0.5, 0.6) is 0 Å². The minimum absolute atomic E-state index is 0.279. The lowest BCUT2D eigenvalue weighted by Crippen LogP contribution is -2.28. The molecular formula is C13H26O5S. The van der Waals surface area contributed by atoms with Gasteiger partial charge in [0.2, 0.25) is 0 Å². The van der Waals surface area contributed by atoms with Gasteiger partial charge in [-0.3, -0.25) is 4.18 Å². The fraction of sp³-hybridized carbons (Fsp3) is 1.00. The highest BCUT2D eigenvalue weighted by Gasteiger charge is 2.54. The molecule has 0 spiro atoms. The molecule has 5 nitrogen and oxygen atoms in total. The first-order valence-corrected chi connectivity index (χ1v) is 8.39. The van der Waals surface area contributed by atoms with Crippen molar-refractivity contribution >= 4 is 10.1 Å². The Morgan fingerprint density at radius 2 is 1.84 bits per heavy atom. The Labute approximate surface area is 116 Å². The highest BCUT2D eigenvalue weighted by atomic mass is 32.2. The van der Waals surface area contributed by atoms with Crippen LogP contribution in [0.3, 0.4) is 0 Å². The third-order valence-electron chi connectivity index (χ3n) is 3.31. The first-order chi connectivity index (χ1) is 8.72. The van der Waals surface area contributed by atoms with E-state index < -0.39 is 20.7 Å². The second-order valence-electron chi connectivity index (χ2n) is 5.71. The highest BCUT2D eigenvalue weighted by Crippen LogP contribution is 2.48. The minimum Gasteiger partial charge on any atom is -0.366 e. The average molecular weight is 294 g/mol. The van der Waals surface area contributed by atoms with Crippen LogP contribution in [0.4, 0.5) is 0 Å². The fourth-order valence-electron chi connectivity index (χ4n) is 1.92. The Kier molecular flexibility index (Phi) is 5.79. The summed E-state index contributed by atoms with van der Waals surface area (Å²) in [5, 5.41) is 9.40. The predicted molar refractivity (Wildman–Crippen MR) is 73.2 cm³/mol. The van der Waals surface area contributed by atoms with E-state index in [-0.39, 0.29) is 6.61 Å². The fourth-order valence-corrected chi connectivity index (χ4v) is 3.50. The lowest BCUT2D eigenvalue weighted by atomic mass is 10.2. The van der Waals surface area contributed by atoms with Crippen LogP contribution < -0.4 is 0 Å². The molecule has 1 N–H and O–H groups in total. The molecule has 19 heavy (non-hydrogen) atoms. The zero-order valence-corrected chi connectivity index (χ0v) is 13.0. The first kappa shape index (κ1) is 16.9. The van der Waals surface area contributed by atoms with Crippen LogP contribution in [-0.2, 0) is 19.0 Å². The van der Waals surface area contributed by atoms with Gasteiger partial charge in [0, 0.05) is 0 Å². The predicted octanol–water partition coefficient (Wildman–Crippen LogP) is 2.19. The van der Waals surface area contributed by atoms with Crippen LogP contribution in [0, 0.1) is 0 Å². The summed E-state index contributed by atoms with van der Waals surface area (Å²) in [6.07, 6.45) is 4.17. The van der Waals surface area contributed by atoms with Crippen molar-refractivity contribution in [3.63, 3.8) is 0 Å². The number of rotatable bonds is 10. The largest absolute Gasteiger partial charge is 0.366 e. The summed E-state index contributed by atoms with van der Waals surface area (Å²) in [7, 11) is -3.45. The van der Waals surface area contributed by atoms with Crippen molar-refractivity contribution in [3.05, 3.63) is 0 Å². The Hall–Kier alpha value is -0.170. The zero-order chi connectivity index (χ0) is 14.6. The Balaban J connectivity index is 2.35. The van der Waals surface area contributed by atoms with Crippen molar-refractivity contribution < 1.29 is 22.4 Å². The standard InChI is InChI=1S/C13H26O5S/c1-4-5-11-18-19(15,16)13(8-9-13)7-6-10-17-12(2,3)14/h14H,4-11H2,1-3H3. The Bertz CT molecular complexity index is 365. The molecule has 0 aliphatic heterocycles. The molecule has 0 saturated heterocycles. The van der Waals surface area contributed by atoms with E-state index in [4.69, 9.17) is 8.92 Å². The summed E-state index contributed by atoms with van der Waals surface area (Å²) in [6, 6.07) is 0. The van der Waals surface area contributed by atoms with E-state index in [2.05, 4.69) is 0 Å². The van der Waals surface area contributed by atoms with Crippen molar-refractivity contribution in [3.8, 4) is 0 Å². The van der Waals surface area contributed by atoms with Crippen LogP contribution in [0.15, 0.2) is 0 Å². The van der Waals surface area contributed by atoms with Gasteiger partial charge in [0.05, 0.1) is 18.0 Å². The molecule has 0 radical (unpaired) electrons. The molecule has 1 aliphatic rings. The molecule has 0 amide bonds. The lowest BCUT2D eigenvalue weighted by Gasteiger charge is -2.20. The Morgan fingerprint density at radius 1 is 1.21 bits per heavy atom. The molecule has 6 heteroatoms. The van der Waals surface area contributed by atoms with Crippen molar-refractivity contribution in [1.82, 2.24) is 0 Å². The summed E-state index contributed by atoms with van der Waals surface area (Å²) in [6.45, 7) is 5.75. The van der Waals surface area contributed by atoms with Crippen LogP contribution in [0.2, 0.25) is 0 Å². The molecule has 1 saturated carbocycles. The molecule has 0 heterocycles. The van der Waals surface area contributed by atoms with Gasteiger partial charge >= 0.3 is 0 Å². The summed E-state index contributed by atoms with van der Waals surface area (Å²) >= 11 is 0. The molecule has 1 fully saturated rings. The molecule has 1 rings (SSSR count). The van der Waals surface area contributed by atoms with Gasteiger partial charge in [-0.25, -0.2) is 0 Å². The summed E-state index contributed by atoms with van der Waals surface area (Å²) in [5.74, 6) is -1.16. The van der Waals surface area contributed by atoms with E-state index in [0.29, 0.717) is 32.3 Å². The van der Waals surface area contributed by atoms with Gasteiger partial charge in [0.15, 0.2) is 5.79 Å². The lowest BCUT2D eigenvalue weighted by molar-refractivity contribution is -0.176. The molecular weight excluding hydrogens is 268 g/mol. The number of hydrogen-bond acceptors (Lipinski definition) is 5. The Morgan fingerprint density at radius 3 is 2.32 bits per heavy atom. The van der Waals surface area contributed by atoms with Gasteiger partial charge < -0.3 is 9.84 Å². The molecule has 0 atom stereocenters. The summed E-state index contributed by atoms with van der Waals surface area (Å²) in [5.41, 5.74) is 0. The second-order valence-corrected chi connectivity index (χ2v) is 7.72. The highest BCUT2D eigenvalue weighted by molar-refractivity contribution is 7.88. The normalized spacial score (nSPS) is 18.5. The maximum Gasteiger partial charge on any atom is 0.273 e. The first-order valence-electron chi connectivity index (χ1n) is 6.98. The van der Waals surface area contributed by atoms with E-state index in [1.54, 1.807) is 13.8 Å². The maximum absolute atomic E-state index is 12.1. The maximum atomic E-state index is 12.1. The second kappa shape index (κ2) is 6.52. The summed E-state index contributed by atoms with van der Waals surface area (Å²) in [4.78, 5) is 0. The molecule has 0 unspecified atom stereocenters. The van der Waals surface area contributed by atoms with Crippen LogP contribution in [0.25, 0.3) is 0 Å². The van der Waals surface area contributed by atoms with E-state index in [0.717, 1.165) is 12.8 Å². The molecule has 0 aromatic heterocycles. The van der Waals surface area contributed by atoms with Crippen LogP contribution in [-0.4, -0.2) is 37.3 Å². The van der Waals surface area contributed by atoms with Crippen LogP contribution >= 0.6 is 0 Å². The molecule has 0 aromatic carbocycles. The molecule has 114 valence electrons. The molecule has 0 aromatic rings. The van der Waals surface area contributed by atoms with Crippen molar-refractivity contribution in [2.24, 2.45) is 0 Å². The number of hydrogen-bond donors (Lipinski definition) is 1. The van der Waals surface area contributed by atoms with Gasteiger partial charge in [0.25, 0.3) is 10.1 Å². The van der Waals surface area contributed by atoms with E-state index in [1.165, 1.54) is 0 Å². The van der Waals surface area contributed by atoms with Crippen LogP contribution in [0.1, 0.15) is 59.3 Å². The number of ether oxygens (including phenoxy) is 1. The van der Waals surface area contributed by atoms with Gasteiger partial charge in [0.1, 0.15) is 0 Å². The topological polar surface area (TPSA) is 72.8 Å². The molecule has 0 bridgehead atoms. The summed E-state index contributed by atoms with van der Waals surface area (Å²) < 4.78 is 33.7. The van der Waals surface area contributed by atoms with E-state index in [1.807, 2.05) is 6.92 Å². The van der Waals surface area contributed by atoms with Gasteiger partial charge in [-0.1, -0.05) is 13.3 Å². The smallest absolute Gasteiger partial charge is 0.273 e. The minimum atomic E-state index is -3.45. The average Bonchev–Trinajstić information content (AvgIpc) is 3.05. The third kappa shape index (κ3) is 5.38. The van der Waals surface area contributed by atoms with Gasteiger partial charge in [-0.15, -0.1) is 0 Å². The van der Waals surface area contributed by atoms with Gasteiger partial charge in [-0.05, 0) is 46.0 Å². The zero-order valence-electron chi connectivity index (χ0n) is 12.1.